The first-order valence-corrected chi connectivity index (χ1v) is 11.4. The summed E-state index contributed by atoms with van der Waals surface area (Å²) in [6.45, 7) is 0. The monoisotopic (exact) mass is 450 g/mol. The Hall–Kier alpha value is -4.90. The fourth-order valence-corrected chi connectivity index (χ4v) is 4.66. The zero-order valence-corrected chi connectivity index (χ0v) is 18.6. The molecule has 0 fully saturated rings. The summed E-state index contributed by atoms with van der Waals surface area (Å²) >= 11 is 0. The molecule has 7 aromatic rings. The summed E-state index contributed by atoms with van der Waals surface area (Å²) in [5.41, 5.74) is 6.43. The number of fused-ring (bicyclic) bond motifs is 6. The largest absolute Gasteiger partial charge is 0.507 e. The molecule has 4 heterocycles. The first-order valence-electron chi connectivity index (χ1n) is 11.4. The minimum atomic E-state index is 0.168. The molecule has 0 aliphatic heterocycles. The Morgan fingerprint density at radius 2 is 1.00 bits per heavy atom. The number of aromatic hydroxyl groups is 1. The van der Waals surface area contributed by atoms with Gasteiger partial charge in [-0.05, 0) is 42.5 Å². The molecular formula is C30H18N4O. The van der Waals surface area contributed by atoms with Crippen LogP contribution in [-0.2, 0) is 0 Å². The lowest BCUT2D eigenvalue weighted by Crippen LogP contribution is -1.91. The first kappa shape index (κ1) is 19.6. The third kappa shape index (κ3) is 3.17. The molecule has 0 aliphatic rings. The maximum atomic E-state index is 10.7. The third-order valence-corrected chi connectivity index (χ3v) is 6.43. The van der Waals surface area contributed by atoms with Crippen LogP contribution in [0.2, 0.25) is 0 Å². The van der Waals surface area contributed by atoms with E-state index in [0.717, 1.165) is 54.9 Å². The summed E-state index contributed by atoms with van der Waals surface area (Å²) in [6, 6.07) is 29.7. The highest BCUT2D eigenvalue weighted by Crippen LogP contribution is 2.35. The normalized spacial score (nSPS) is 11.5. The van der Waals surface area contributed by atoms with E-state index < -0.39 is 0 Å². The molecule has 0 spiro atoms. The van der Waals surface area contributed by atoms with E-state index in [1.54, 1.807) is 18.5 Å². The fraction of sp³-hybridized carbons (Fsp3) is 0. The lowest BCUT2D eigenvalue weighted by atomic mass is 10.0. The predicted octanol–water partition coefficient (Wildman–Crippen LogP) is 6.92. The van der Waals surface area contributed by atoms with Gasteiger partial charge in [-0.1, -0.05) is 48.5 Å². The highest BCUT2D eigenvalue weighted by Gasteiger charge is 2.13. The summed E-state index contributed by atoms with van der Waals surface area (Å²) in [7, 11) is 0. The zero-order valence-electron chi connectivity index (χ0n) is 18.6. The molecule has 7 rings (SSSR count). The second-order valence-electron chi connectivity index (χ2n) is 8.55. The molecule has 0 saturated carbocycles. The van der Waals surface area contributed by atoms with Gasteiger partial charge in [0.15, 0.2) is 0 Å². The highest BCUT2D eigenvalue weighted by molar-refractivity contribution is 6.04. The number of benzene rings is 3. The van der Waals surface area contributed by atoms with E-state index in [1.807, 2.05) is 66.7 Å². The van der Waals surface area contributed by atoms with Crippen molar-refractivity contribution in [2.45, 2.75) is 0 Å². The van der Waals surface area contributed by atoms with E-state index in [1.165, 1.54) is 0 Å². The van der Waals surface area contributed by atoms with Crippen molar-refractivity contribution in [3.63, 3.8) is 0 Å². The van der Waals surface area contributed by atoms with Crippen molar-refractivity contribution in [3.05, 3.63) is 103 Å². The SMILES string of the molecule is Oc1ccc(-c2ccc3ccc4cccnc4c3n2)cc1-c1ccc2ccc3cccnc3c2n1. The van der Waals surface area contributed by atoms with Gasteiger partial charge in [0.05, 0.1) is 33.5 Å². The van der Waals surface area contributed by atoms with Crippen LogP contribution in [0.25, 0.3) is 66.1 Å². The molecule has 0 radical (unpaired) electrons. The Kier molecular flexibility index (Phi) is 4.23. The maximum Gasteiger partial charge on any atom is 0.125 e. The second kappa shape index (κ2) is 7.57. The zero-order chi connectivity index (χ0) is 23.4. The third-order valence-electron chi connectivity index (χ3n) is 6.43. The van der Waals surface area contributed by atoms with Gasteiger partial charge in [0.2, 0.25) is 0 Å². The predicted molar refractivity (Wildman–Crippen MR) is 140 cm³/mol. The molecule has 0 atom stereocenters. The Morgan fingerprint density at radius 3 is 1.63 bits per heavy atom. The molecular weight excluding hydrogens is 432 g/mol. The summed E-state index contributed by atoms with van der Waals surface area (Å²) in [4.78, 5) is 19.0. The van der Waals surface area contributed by atoms with Crippen LogP contribution >= 0.6 is 0 Å². The molecule has 0 bridgehead atoms. The number of hydrogen-bond donors (Lipinski definition) is 1. The van der Waals surface area contributed by atoms with Crippen LogP contribution in [-0.4, -0.2) is 25.0 Å². The van der Waals surface area contributed by atoms with Crippen molar-refractivity contribution in [1.82, 2.24) is 19.9 Å². The highest BCUT2D eigenvalue weighted by atomic mass is 16.3. The minimum Gasteiger partial charge on any atom is -0.507 e. The smallest absolute Gasteiger partial charge is 0.125 e. The second-order valence-corrected chi connectivity index (χ2v) is 8.55. The van der Waals surface area contributed by atoms with Gasteiger partial charge in [-0.25, -0.2) is 9.97 Å². The van der Waals surface area contributed by atoms with E-state index in [4.69, 9.17) is 9.97 Å². The van der Waals surface area contributed by atoms with E-state index in [2.05, 4.69) is 28.2 Å². The summed E-state index contributed by atoms with van der Waals surface area (Å²) in [5.74, 6) is 0.168. The van der Waals surface area contributed by atoms with Crippen molar-refractivity contribution >= 4 is 43.6 Å². The lowest BCUT2D eigenvalue weighted by Gasteiger charge is -2.10. The maximum absolute atomic E-state index is 10.7. The topological polar surface area (TPSA) is 71.8 Å². The van der Waals surface area contributed by atoms with E-state index in [-0.39, 0.29) is 5.75 Å². The van der Waals surface area contributed by atoms with E-state index in [0.29, 0.717) is 11.3 Å². The summed E-state index contributed by atoms with van der Waals surface area (Å²) < 4.78 is 0. The van der Waals surface area contributed by atoms with Gasteiger partial charge in [-0.2, -0.15) is 0 Å². The van der Waals surface area contributed by atoms with Gasteiger partial charge >= 0.3 is 0 Å². The number of rotatable bonds is 2. The molecule has 0 saturated heterocycles. The molecule has 4 aromatic heterocycles. The molecule has 0 aliphatic carbocycles. The van der Waals surface area contributed by atoms with Crippen molar-refractivity contribution in [1.29, 1.82) is 0 Å². The number of nitrogens with zero attached hydrogens (tertiary/aromatic N) is 4. The van der Waals surface area contributed by atoms with Crippen molar-refractivity contribution in [3.8, 4) is 28.3 Å². The van der Waals surface area contributed by atoms with Gasteiger partial charge in [0, 0.05) is 45.1 Å². The van der Waals surface area contributed by atoms with Crippen LogP contribution in [0, 0.1) is 0 Å². The van der Waals surface area contributed by atoms with Crippen LogP contribution in [0.15, 0.2) is 103 Å². The molecule has 0 unspecified atom stereocenters. The molecule has 164 valence electrons. The Balaban J connectivity index is 1.40. The number of phenolic OH excluding ortho intramolecular Hbond substituents is 1. The number of hydrogen-bond acceptors (Lipinski definition) is 5. The van der Waals surface area contributed by atoms with Crippen LogP contribution in [0.3, 0.4) is 0 Å². The van der Waals surface area contributed by atoms with Gasteiger partial charge in [0.25, 0.3) is 0 Å². The van der Waals surface area contributed by atoms with Gasteiger partial charge in [0.1, 0.15) is 5.75 Å². The number of phenols is 1. The van der Waals surface area contributed by atoms with Crippen molar-refractivity contribution in [2.75, 3.05) is 0 Å². The molecule has 3 aromatic carbocycles. The van der Waals surface area contributed by atoms with Crippen LogP contribution in [0.4, 0.5) is 0 Å². The molecule has 1 N–H and O–H groups in total. The van der Waals surface area contributed by atoms with Crippen molar-refractivity contribution in [2.24, 2.45) is 0 Å². The van der Waals surface area contributed by atoms with Crippen LogP contribution in [0.1, 0.15) is 0 Å². The molecule has 5 nitrogen and oxygen atoms in total. The van der Waals surface area contributed by atoms with E-state index in [9.17, 15) is 5.11 Å². The number of aromatic nitrogens is 4. The lowest BCUT2D eigenvalue weighted by molar-refractivity contribution is 0.477. The average Bonchev–Trinajstić information content (AvgIpc) is 2.92. The average molecular weight is 451 g/mol. The number of pyridine rings is 4. The molecule has 0 amide bonds. The standard InChI is InChI=1S/C30H18N4O/c35-26-14-11-22(24-12-9-20-7-5-18-3-1-15-31-27(18)29(20)33-24)17-23(26)25-13-10-21-8-6-19-4-2-16-32-28(19)30(21)34-25/h1-17,35H. The molecule has 35 heavy (non-hydrogen) atoms. The Morgan fingerprint density at radius 1 is 0.486 bits per heavy atom. The molecule has 5 heteroatoms. The van der Waals surface area contributed by atoms with Crippen LogP contribution in [0.5, 0.6) is 5.75 Å². The first-order chi connectivity index (χ1) is 17.2. The summed E-state index contributed by atoms with van der Waals surface area (Å²) in [5, 5.41) is 14.9. The Labute approximate surface area is 200 Å². The Bertz CT molecular complexity index is 1930. The quantitative estimate of drug-likeness (QED) is 0.290. The van der Waals surface area contributed by atoms with E-state index >= 15 is 0 Å². The fourth-order valence-electron chi connectivity index (χ4n) is 4.66. The van der Waals surface area contributed by atoms with Gasteiger partial charge in [-0.15, -0.1) is 0 Å². The van der Waals surface area contributed by atoms with Gasteiger partial charge in [-0.3, -0.25) is 9.97 Å². The van der Waals surface area contributed by atoms with Crippen molar-refractivity contribution < 1.29 is 5.11 Å². The summed E-state index contributed by atoms with van der Waals surface area (Å²) in [6.07, 6.45) is 3.57. The van der Waals surface area contributed by atoms with Crippen LogP contribution < -0.4 is 0 Å². The van der Waals surface area contributed by atoms with Gasteiger partial charge < -0.3 is 5.11 Å². The minimum absolute atomic E-state index is 0.168.